The van der Waals surface area contributed by atoms with E-state index in [-0.39, 0.29) is 5.75 Å². The molecule has 1 rings (SSSR count). The van der Waals surface area contributed by atoms with Gasteiger partial charge in [0.1, 0.15) is 11.3 Å². The van der Waals surface area contributed by atoms with E-state index >= 15 is 0 Å². The van der Waals surface area contributed by atoms with E-state index in [0.29, 0.717) is 5.56 Å². The monoisotopic (exact) mass is 250 g/mol. The number of hydrogen-bond acceptors (Lipinski definition) is 4. The van der Waals surface area contributed by atoms with Crippen molar-refractivity contribution in [2.75, 3.05) is 0 Å². The summed E-state index contributed by atoms with van der Waals surface area (Å²) in [4.78, 5) is 33.1. The van der Waals surface area contributed by atoms with Crippen LogP contribution < -0.4 is 4.74 Å². The zero-order valence-corrected chi connectivity index (χ0v) is 9.47. The van der Waals surface area contributed by atoms with Crippen LogP contribution in [0.5, 0.6) is 5.75 Å². The number of esters is 1. The van der Waals surface area contributed by atoms with Gasteiger partial charge in [-0.05, 0) is 18.6 Å². The maximum atomic E-state index is 11.1. The van der Waals surface area contributed by atoms with Crippen LogP contribution in [-0.2, 0) is 4.79 Å². The summed E-state index contributed by atoms with van der Waals surface area (Å²) < 4.78 is 4.78. The molecule has 0 saturated heterocycles. The summed E-state index contributed by atoms with van der Waals surface area (Å²) >= 11 is 0. The molecule has 0 unspecified atom stereocenters. The lowest BCUT2D eigenvalue weighted by Crippen LogP contribution is -2.14. The predicted molar refractivity (Wildman–Crippen MR) is 60.9 cm³/mol. The standard InChI is InChI=1S/C12H10O6/c1-3-8(13)18-10-6(2)4-5-7(11(14)15)9(10)12(16)17/h3-5H,1H2,2H3,(H,14,15)(H,16,17). The summed E-state index contributed by atoms with van der Waals surface area (Å²) in [5.74, 6) is -4.04. The van der Waals surface area contributed by atoms with Crippen LogP contribution >= 0.6 is 0 Å². The molecule has 0 aliphatic heterocycles. The lowest BCUT2D eigenvalue weighted by Gasteiger charge is -2.11. The Hall–Kier alpha value is -2.63. The van der Waals surface area contributed by atoms with Crippen LogP contribution in [-0.4, -0.2) is 28.1 Å². The van der Waals surface area contributed by atoms with Gasteiger partial charge in [0.2, 0.25) is 0 Å². The molecule has 1 aromatic rings. The number of carbonyl (C=O) groups excluding carboxylic acids is 1. The Morgan fingerprint density at radius 3 is 2.28 bits per heavy atom. The molecule has 6 nitrogen and oxygen atoms in total. The highest BCUT2D eigenvalue weighted by Gasteiger charge is 2.24. The molecule has 18 heavy (non-hydrogen) atoms. The molecule has 0 saturated carbocycles. The molecule has 0 bridgehead atoms. The second-order valence-electron chi connectivity index (χ2n) is 3.37. The zero-order chi connectivity index (χ0) is 13.9. The first kappa shape index (κ1) is 13.4. The smallest absolute Gasteiger partial charge is 0.340 e. The van der Waals surface area contributed by atoms with Crippen molar-refractivity contribution in [1.29, 1.82) is 0 Å². The zero-order valence-electron chi connectivity index (χ0n) is 9.47. The predicted octanol–water partition coefficient (Wildman–Crippen LogP) is 1.48. The molecule has 0 aliphatic rings. The van der Waals surface area contributed by atoms with Crippen molar-refractivity contribution in [3.63, 3.8) is 0 Å². The van der Waals surface area contributed by atoms with E-state index in [1.807, 2.05) is 0 Å². The Morgan fingerprint density at radius 1 is 1.22 bits per heavy atom. The first-order valence-electron chi connectivity index (χ1n) is 4.83. The molecule has 0 aromatic heterocycles. The summed E-state index contributed by atoms with van der Waals surface area (Å²) in [6.45, 7) is 4.68. The third-order valence-corrected chi connectivity index (χ3v) is 2.17. The number of aryl methyl sites for hydroxylation is 1. The van der Waals surface area contributed by atoms with Gasteiger partial charge in [0, 0.05) is 6.08 Å². The van der Waals surface area contributed by atoms with E-state index in [9.17, 15) is 14.4 Å². The van der Waals surface area contributed by atoms with Crippen molar-refractivity contribution < 1.29 is 29.3 Å². The van der Waals surface area contributed by atoms with Gasteiger partial charge in [0.15, 0.2) is 0 Å². The van der Waals surface area contributed by atoms with Crippen LogP contribution in [0.2, 0.25) is 0 Å². The number of ether oxygens (including phenoxy) is 1. The number of carboxylic acid groups (broad SMARTS) is 2. The van der Waals surface area contributed by atoms with Crippen molar-refractivity contribution in [3.8, 4) is 5.75 Å². The van der Waals surface area contributed by atoms with Gasteiger partial charge in [-0.15, -0.1) is 0 Å². The molecule has 94 valence electrons. The third kappa shape index (κ3) is 2.54. The number of rotatable bonds is 4. The van der Waals surface area contributed by atoms with Gasteiger partial charge in [0.05, 0.1) is 5.56 Å². The highest BCUT2D eigenvalue weighted by molar-refractivity contribution is 6.04. The summed E-state index contributed by atoms with van der Waals surface area (Å²) in [5, 5.41) is 17.9. The minimum absolute atomic E-state index is 0.285. The minimum atomic E-state index is -1.48. The molecule has 0 aliphatic carbocycles. The van der Waals surface area contributed by atoms with Gasteiger partial charge in [-0.1, -0.05) is 12.6 Å². The Bertz CT molecular complexity index is 544. The molecular formula is C12H10O6. The average molecular weight is 250 g/mol. The first-order chi connectivity index (χ1) is 8.38. The average Bonchev–Trinajstić information content (AvgIpc) is 2.30. The number of carbonyl (C=O) groups is 3. The van der Waals surface area contributed by atoms with E-state index in [1.165, 1.54) is 13.0 Å². The topological polar surface area (TPSA) is 101 Å². The van der Waals surface area contributed by atoms with Crippen molar-refractivity contribution in [1.82, 2.24) is 0 Å². The van der Waals surface area contributed by atoms with Gasteiger partial charge in [-0.25, -0.2) is 14.4 Å². The van der Waals surface area contributed by atoms with Crippen molar-refractivity contribution >= 4 is 17.9 Å². The maximum absolute atomic E-state index is 11.1. The highest BCUT2D eigenvalue weighted by atomic mass is 16.5. The van der Waals surface area contributed by atoms with Crippen LogP contribution in [0, 0.1) is 6.92 Å². The lowest BCUT2D eigenvalue weighted by atomic mass is 10.0. The molecule has 2 N–H and O–H groups in total. The fourth-order valence-corrected chi connectivity index (χ4v) is 1.35. The van der Waals surface area contributed by atoms with Gasteiger partial charge in [0.25, 0.3) is 0 Å². The van der Waals surface area contributed by atoms with Gasteiger partial charge in [-0.3, -0.25) is 0 Å². The van der Waals surface area contributed by atoms with Crippen LogP contribution in [0.1, 0.15) is 26.3 Å². The largest absolute Gasteiger partial charge is 0.478 e. The van der Waals surface area contributed by atoms with Crippen LogP contribution in [0.4, 0.5) is 0 Å². The third-order valence-electron chi connectivity index (χ3n) is 2.17. The molecule has 1 aromatic carbocycles. The normalized spacial score (nSPS) is 9.61. The number of benzene rings is 1. The quantitative estimate of drug-likeness (QED) is 0.477. The van der Waals surface area contributed by atoms with Gasteiger partial charge in [-0.2, -0.15) is 0 Å². The minimum Gasteiger partial charge on any atom is -0.478 e. The highest BCUT2D eigenvalue weighted by Crippen LogP contribution is 2.27. The Balaban J connectivity index is 3.50. The van der Waals surface area contributed by atoms with Crippen LogP contribution in [0.3, 0.4) is 0 Å². The van der Waals surface area contributed by atoms with E-state index in [0.717, 1.165) is 12.1 Å². The first-order valence-corrected chi connectivity index (χ1v) is 4.83. The Kier molecular flexibility index (Phi) is 3.83. The second kappa shape index (κ2) is 5.13. The van der Waals surface area contributed by atoms with Gasteiger partial charge >= 0.3 is 17.9 Å². The maximum Gasteiger partial charge on any atom is 0.340 e. The Morgan fingerprint density at radius 2 is 1.83 bits per heavy atom. The molecular weight excluding hydrogens is 240 g/mol. The molecule has 0 heterocycles. The molecule has 0 fully saturated rings. The van der Waals surface area contributed by atoms with Crippen LogP contribution in [0.25, 0.3) is 0 Å². The molecule has 0 atom stereocenters. The SMILES string of the molecule is C=CC(=O)Oc1c(C)ccc(C(=O)O)c1C(=O)O. The summed E-state index contributed by atoms with van der Waals surface area (Å²) in [6, 6.07) is 2.51. The summed E-state index contributed by atoms with van der Waals surface area (Å²) in [6.07, 6.45) is 0.860. The molecule has 6 heteroatoms. The fraction of sp³-hybridized carbons (Fsp3) is 0.0833. The molecule has 0 radical (unpaired) electrons. The van der Waals surface area contributed by atoms with Crippen molar-refractivity contribution in [2.45, 2.75) is 6.92 Å². The van der Waals surface area contributed by atoms with Crippen LogP contribution in [0.15, 0.2) is 24.8 Å². The molecule has 0 amide bonds. The number of hydrogen-bond donors (Lipinski definition) is 2. The number of aromatic carboxylic acids is 2. The lowest BCUT2D eigenvalue weighted by molar-refractivity contribution is -0.129. The van der Waals surface area contributed by atoms with Crippen molar-refractivity contribution in [3.05, 3.63) is 41.5 Å². The summed E-state index contributed by atoms with van der Waals surface area (Å²) in [7, 11) is 0. The number of carboxylic acids is 2. The fourth-order valence-electron chi connectivity index (χ4n) is 1.35. The van der Waals surface area contributed by atoms with Gasteiger partial charge < -0.3 is 14.9 Å². The van der Waals surface area contributed by atoms with E-state index < -0.39 is 29.0 Å². The van der Waals surface area contributed by atoms with Crippen molar-refractivity contribution in [2.24, 2.45) is 0 Å². The van der Waals surface area contributed by atoms with E-state index in [2.05, 4.69) is 6.58 Å². The van der Waals surface area contributed by atoms with E-state index in [4.69, 9.17) is 14.9 Å². The second-order valence-corrected chi connectivity index (χ2v) is 3.37. The molecule has 0 spiro atoms. The summed E-state index contributed by atoms with van der Waals surface area (Å²) in [5.41, 5.74) is -0.662. The Labute approximate surface area is 102 Å². The van der Waals surface area contributed by atoms with E-state index in [1.54, 1.807) is 0 Å².